The standard InChI is InChI=1S/C12H10N2O4S2Se/c15-19(16,11-7-3-1-4-8-11)13-21-14-20(17,18)12-9-5-2-6-10-12/h1-10H. The Kier molecular flexibility index (Phi) is 4.89. The molecule has 0 saturated carbocycles. The van der Waals surface area contributed by atoms with E-state index < -0.39 is 34.6 Å². The van der Waals surface area contributed by atoms with Crippen LogP contribution in [0.2, 0.25) is 0 Å². The Balaban J connectivity index is 2.34. The van der Waals surface area contributed by atoms with Gasteiger partial charge in [0.25, 0.3) is 0 Å². The van der Waals surface area contributed by atoms with Crippen LogP contribution in [0.5, 0.6) is 0 Å². The molecule has 2 aromatic rings. The molecule has 0 radical (unpaired) electrons. The minimum atomic E-state index is -3.87. The van der Waals surface area contributed by atoms with Gasteiger partial charge in [-0.1, -0.05) is 0 Å². The van der Waals surface area contributed by atoms with E-state index in [9.17, 15) is 16.8 Å². The summed E-state index contributed by atoms with van der Waals surface area (Å²) < 4.78 is 54.2. The predicted octanol–water partition coefficient (Wildman–Crippen LogP) is 1.84. The summed E-state index contributed by atoms with van der Waals surface area (Å²) >= 11 is -1.27. The van der Waals surface area contributed by atoms with E-state index in [1.54, 1.807) is 36.4 Å². The molecule has 0 fully saturated rings. The molecule has 6 nitrogen and oxygen atoms in total. The van der Waals surface area contributed by atoms with Crippen LogP contribution < -0.4 is 0 Å². The van der Waals surface area contributed by atoms with Gasteiger partial charge in [0.05, 0.1) is 0 Å². The number of nitrogens with zero attached hydrogens (tertiary/aromatic N) is 2. The maximum absolute atomic E-state index is 11.8. The summed E-state index contributed by atoms with van der Waals surface area (Å²) in [5.41, 5.74) is 0. The van der Waals surface area contributed by atoms with Crippen molar-refractivity contribution in [3.05, 3.63) is 60.7 Å². The number of hydrogen-bond donors (Lipinski definition) is 0. The van der Waals surface area contributed by atoms with Gasteiger partial charge >= 0.3 is 129 Å². The summed E-state index contributed by atoms with van der Waals surface area (Å²) in [7, 11) is -7.74. The molecule has 0 heterocycles. The van der Waals surface area contributed by atoms with Gasteiger partial charge in [-0.2, -0.15) is 0 Å². The first-order valence-electron chi connectivity index (χ1n) is 5.63. The van der Waals surface area contributed by atoms with Crippen LogP contribution in [0.1, 0.15) is 0 Å². The summed E-state index contributed by atoms with van der Waals surface area (Å²) in [6.45, 7) is 0. The van der Waals surface area contributed by atoms with Gasteiger partial charge in [0, 0.05) is 0 Å². The van der Waals surface area contributed by atoms with E-state index in [1.807, 2.05) is 0 Å². The van der Waals surface area contributed by atoms with Crippen molar-refractivity contribution in [3.8, 4) is 0 Å². The van der Waals surface area contributed by atoms with E-state index in [4.69, 9.17) is 0 Å². The van der Waals surface area contributed by atoms with Gasteiger partial charge < -0.3 is 0 Å². The predicted molar refractivity (Wildman–Crippen MR) is 77.9 cm³/mol. The van der Waals surface area contributed by atoms with E-state index in [0.29, 0.717) is 0 Å². The molecular formula is C12H10N2O4S2Se. The molecule has 9 heteroatoms. The van der Waals surface area contributed by atoms with Gasteiger partial charge in [-0.3, -0.25) is 0 Å². The van der Waals surface area contributed by atoms with Gasteiger partial charge in [0.1, 0.15) is 0 Å². The maximum atomic E-state index is 11.8. The fraction of sp³-hybridized carbons (Fsp3) is 0. The monoisotopic (exact) mass is 390 g/mol. The van der Waals surface area contributed by atoms with E-state index in [-0.39, 0.29) is 9.79 Å². The van der Waals surface area contributed by atoms with Gasteiger partial charge in [0.2, 0.25) is 0 Å². The van der Waals surface area contributed by atoms with Crippen LogP contribution in [0.4, 0.5) is 0 Å². The number of sulfonamides is 2. The number of rotatable bonds is 4. The van der Waals surface area contributed by atoms with Gasteiger partial charge in [-0.15, -0.1) is 0 Å². The molecule has 0 atom stereocenters. The van der Waals surface area contributed by atoms with E-state index in [2.05, 4.69) is 6.74 Å². The van der Waals surface area contributed by atoms with Crippen LogP contribution in [0, 0.1) is 0 Å². The van der Waals surface area contributed by atoms with Gasteiger partial charge in [-0.05, 0) is 0 Å². The zero-order chi connectivity index (χ0) is 15.3. The van der Waals surface area contributed by atoms with E-state index in [0.717, 1.165) is 0 Å². The Hall–Kier alpha value is -1.54. The first-order valence-corrected chi connectivity index (χ1v) is 10.0. The summed E-state index contributed by atoms with van der Waals surface area (Å²) in [5.74, 6) is 0. The van der Waals surface area contributed by atoms with Crippen LogP contribution in [-0.4, -0.2) is 31.4 Å². The molecule has 0 spiro atoms. The molecule has 21 heavy (non-hydrogen) atoms. The fourth-order valence-electron chi connectivity index (χ4n) is 1.37. The second-order valence-electron chi connectivity index (χ2n) is 3.81. The number of benzene rings is 2. The van der Waals surface area contributed by atoms with Gasteiger partial charge in [-0.25, -0.2) is 0 Å². The Morgan fingerprint density at radius 2 is 0.952 bits per heavy atom. The molecule has 2 rings (SSSR count). The Labute approximate surface area is 128 Å². The van der Waals surface area contributed by atoms with E-state index >= 15 is 0 Å². The molecule has 0 saturated heterocycles. The summed E-state index contributed by atoms with van der Waals surface area (Å²) in [4.78, 5) is 0.0263. The second kappa shape index (κ2) is 6.48. The SMILES string of the molecule is O=S(=O)(N=[Se]=NS(=O)(=O)c1ccccc1)c1ccccc1. The summed E-state index contributed by atoms with van der Waals surface area (Å²) in [6, 6.07) is 15.2. The van der Waals surface area contributed by atoms with Crippen molar-refractivity contribution in [2.24, 2.45) is 6.74 Å². The fourth-order valence-corrected chi connectivity index (χ4v) is 5.53. The van der Waals surface area contributed by atoms with Crippen molar-refractivity contribution >= 4 is 34.6 Å². The summed E-state index contributed by atoms with van der Waals surface area (Å²) in [6.07, 6.45) is 0. The van der Waals surface area contributed by atoms with Crippen LogP contribution in [0.3, 0.4) is 0 Å². The third kappa shape index (κ3) is 4.21. The second-order valence-corrected chi connectivity index (χ2v) is 9.17. The third-order valence-corrected chi connectivity index (χ3v) is 7.92. The van der Waals surface area contributed by atoms with Crippen LogP contribution >= 0.6 is 0 Å². The molecule has 0 aliphatic heterocycles. The molecule has 0 N–H and O–H groups in total. The Morgan fingerprint density at radius 1 is 0.619 bits per heavy atom. The van der Waals surface area contributed by atoms with Crippen molar-refractivity contribution in [1.29, 1.82) is 0 Å². The van der Waals surface area contributed by atoms with Crippen molar-refractivity contribution in [2.75, 3.05) is 0 Å². The molecule has 110 valence electrons. The summed E-state index contributed by atoms with van der Waals surface area (Å²) in [5, 5.41) is 0. The normalized spacial score (nSPS) is 11.6. The van der Waals surface area contributed by atoms with Crippen LogP contribution in [-0.2, 0) is 20.0 Å². The Morgan fingerprint density at radius 3 is 1.29 bits per heavy atom. The van der Waals surface area contributed by atoms with Crippen molar-refractivity contribution in [3.63, 3.8) is 0 Å². The topological polar surface area (TPSA) is 93.0 Å². The quantitative estimate of drug-likeness (QED) is 0.746. The van der Waals surface area contributed by atoms with E-state index in [1.165, 1.54) is 24.3 Å². The first-order chi connectivity index (χ1) is 9.92. The van der Waals surface area contributed by atoms with Crippen molar-refractivity contribution in [2.45, 2.75) is 9.79 Å². The van der Waals surface area contributed by atoms with Crippen LogP contribution in [0.15, 0.2) is 77.2 Å². The van der Waals surface area contributed by atoms with Crippen LogP contribution in [0.25, 0.3) is 0 Å². The molecule has 0 unspecified atom stereocenters. The Bertz CT molecular complexity index is 815. The first kappa shape index (κ1) is 15.8. The zero-order valence-electron chi connectivity index (χ0n) is 10.5. The van der Waals surface area contributed by atoms with Crippen molar-refractivity contribution < 1.29 is 16.8 Å². The molecule has 0 aliphatic rings. The molecule has 0 aliphatic carbocycles. The minimum absolute atomic E-state index is 0.0131. The zero-order valence-corrected chi connectivity index (χ0v) is 13.9. The average molecular weight is 389 g/mol. The number of hydrogen-bond acceptors (Lipinski definition) is 4. The molecular weight excluding hydrogens is 379 g/mol. The van der Waals surface area contributed by atoms with Crippen molar-refractivity contribution in [1.82, 2.24) is 0 Å². The molecule has 2 aromatic carbocycles. The molecule has 0 bridgehead atoms. The van der Waals surface area contributed by atoms with Gasteiger partial charge in [0.15, 0.2) is 0 Å². The average Bonchev–Trinajstić information content (AvgIpc) is 2.49. The third-order valence-electron chi connectivity index (χ3n) is 2.35. The molecule has 0 amide bonds. The molecule has 0 aromatic heterocycles.